The monoisotopic (exact) mass is 287 g/mol. The molecule has 0 unspecified atom stereocenters. The van der Waals surface area contributed by atoms with Gasteiger partial charge in [-0.15, -0.1) is 0 Å². The van der Waals surface area contributed by atoms with E-state index in [1.807, 2.05) is 18.3 Å². The lowest BCUT2D eigenvalue weighted by Gasteiger charge is -2.32. The van der Waals surface area contributed by atoms with Crippen LogP contribution >= 0.6 is 11.3 Å². The number of thiophene rings is 1. The van der Waals surface area contributed by atoms with Gasteiger partial charge in [0, 0.05) is 22.6 Å². The maximum Gasteiger partial charge on any atom is 0.496 e. The number of aromatic nitrogens is 1. The van der Waals surface area contributed by atoms with Gasteiger partial charge in [0.25, 0.3) is 0 Å². The van der Waals surface area contributed by atoms with Gasteiger partial charge in [-0.3, -0.25) is 4.98 Å². The van der Waals surface area contributed by atoms with Gasteiger partial charge in [-0.1, -0.05) is 6.07 Å². The van der Waals surface area contributed by atoms with Crippen molar-refractivity contribution in [2.24, 2.45) is 0 Å². The molecule has 3 rings (SSSR count). The molecule has 0 aliphatic carbocycles. The minimum Gasteiger partial charge on any atom is -0.399 e. The van der Waals surface area contributed by atoms with Crippen molar-refractivity contribution in [3.8, 4) is 11.3 Å². The predicted molar refractivity (Wildman–Crippen MR) is 83.3 cm³/mol. The van der Waals surface area contributed by atoms with Gasteiger partial charge in [-0.25, -0.2) is 0 Å². The van der Waals surface area contributed by atoms with Gasteiger partial charge in [0.15, 0.2) is 0 Å². The van der Waals surface area contributed by atoms with Crippen molar-refractivity contribution >= 4 is 23.9 Å². The highest BCUT2D eigenvalue weighted by Crippen LogP contribution is 2.36. The Morgan fingerprint density at radius 3 is 2.25 bits per heavy atom. The molecule has 104 valence electrons. The zero-order valence-electron chi connectivity index (χ0n) is 12.2. The minimum absolute atomic E-state index is 0.316. The van der Waals surface area contributed by atoms with Gasteiger partial charge in [0.05, 0.1) is 16.9 Å². The summed E-state index contributed by atoms with van der Waals surface area (Å²) in [4.78, 5) is 4.51. The quantitative estimate of drug-likeness (QED) is 0.795. The molecular weight excluding hydrogens is 269 g/mol. The summed E-state index contributed by atoms with van der Waals surface area (Å²) in [5.41, 5.74) is 2.46. The number of nitrogens with zero attached hydrogens (tertiary/aromatic N) is 1. The molecule has 2 aromatic heterocycles. The molecule has 0 saturated carbocycles. The van der Waals surface area contributed by atoms with Gasteiger partial charge in [0.1, 0.15) is 0 Å². The molecule has 0 radical (unpaired) electrons. The summed E-state index contributed by atoms with van der Waals surface area (Å²) in [5, 5.41) is 4.15. The predicted octanol–water partition coefficient (Wildman–Crippen LogP) is 3.11. The number of pyridine rings is 1. The highest BCUT2D eigenvalue weighted by molar-refractivity contribution is 7.08. The minimum atomic E-state index is -0.343. The Morgan fingerprint density at radius 2 is 1.75 bits per heavy atom. The molecule has 0 aromatic carbocycles. The van der Waals surface area contributed by atoms with E-state index in [0.717, 1.165) is 16.7 Å². The van der Waals surface area contributed by atoms with E-state index in [0.29, 0.717) is 0 Å². The molecule has 0 amide bonds. The smallest absolute Gasteiger partial charge is 0.399 e. The van der Waals surface area contributed by atoms with Crippen molar-refractivity contribution in [3.63, 3.8) is 0 Å². The zero-order chi connectivity index (χ0) is 14.4. The fourth-order valence-corrected chi connectivity index (χ4v) is 2.75. The molecule has 5 heteroatoms. The first-order valence-corrected chi connectivity index (χ1v) is 7.67. The average molecular weight is 287 g/mol. The summed E-state index contributed by atoms with van der Waals surface area (Å²) in [6, 6.07) is 6.12. The maximum absolute atomic E-state index is 6.02. The molecule has 20 heavy (non-hydrogen) atoms. The van der Waals surface area contributed by atoms with Crippen LogP contribution in [0.1, 0.15) is 27.7 Å². The second-order valence-electron chi connectivity index (χ2n) is 6.08. The van der Waals surface area contributed by atoms with Crippen LogP contribution in [0.2, 0.25) is 0 Å². The van der Waals surface area contributed by atoms with Gasteiger partial charge < -0.3 is 9.31 Å². The molecule has 2 aromatic rings. The van der Waals surface area contributed by atoms with Crippen molar-refractivity contribution in [1.82, 2.24) is 4.98 Å². The lowest BCUT2D eigenvalue weighted by Crippen LogP contribution is -2.41. The second kappa shape index (κ2) is 4.69. The third kappa shape index (κ3) is 2.30. The summed E-state index contributed by atoms with van der Waals surface area (Å²) < 4.78 is 12.0. The van der Waals surface area contributed by atoms with Crippen LogP contribution in [0.5, 0.6) is 0 Å². The summed E-state index contributed by atoms with van der Waals surface area (Å²) in [6.07, 6.45) is 1.84. The Labute approximate surface area is 124 Å². The topological polar surface area (TPSA) is 31.4 Å². The Bertz CT molecular complexity index is 577. The second-order valence-corrected chi connectivity index (χ2v) is 6.86. The van der Waals surface area contributed by atoms with Gasteiger partial charge in [-0.2, -0.15) is 11.3 Å². The van der Waals surface area contributed by atoms with Crippen LogP contribution in [0.25, 0.3) is 11.3 Å². The molecule has 0 spiro atoms. The Morgan fingerprint density at radius 1 is 1.05 bits per heavy atom. The van der Waals surface area contributed by atoms with Gasteiger partial charge in [0.2, 0.25) is 0 Å². The maximum atomic E-state index is 6.02. The van der Waals surface area contributed by atoms with E-state index in [9.17, 15) is 0 Å². The van der Waals surface area contributed by atoms with Crippen LogP contribution in [-0.2, 0) is 9.31 Å². The van der Waals surface area contributed by atoms with E-state index in [4.69, 9.17) is 9.31 Å². The van der Waals surface area contributed by atoms with Crippen LogP contribution in [0.4, 0.5) is 0 Å². The van der Waals surface area contributed by atoms with E-state index in [1.165, 1.54) is 0 Å². The Hall–Kier alpha value is -1.17. The van der Waals surface area contributed by atoms with Gasteiger partial charge in [-0.05, 0) is 45.2 Å². The standard InChI is InChI=1S/C15H18BNO2S/c1-14(2)15(3,4)19-16(18-14)12-5-6-13(17-9-12)11-7-8-20-10-11/h5-10H,1-4H3. The van der Waals surface area contributed by atoms with E-state index < -0.39 is 0 Å². The van der Waals surface area contributed by atoms with Crippen LogP contribution in [-0.4, -0.2) is 23.3 Å². The van der Waals surface area contributed by atoms with Crippen molar-refractivity contribution in [3.05, 3.63) is 35.2 Å². The highest BCUT2D eigenvalue weighted by atomic mass is 32.1. The first-order valence-electron chi connectivity index (χ1n) is 6.73. The molecular formula is C15H18BNO2S. The van der Waals surface area contributed by atoms with Gasteiger partial charge >= 0.3 is 7.12 Å². The largest absolute Gasteiger partial charge is 0.496 e. The molecule has 3 nitrogen and oxygen atoms in total. The average Bonchev–Trinajstić information content (AvgIpc) is 2.97. The number of hydrogen-bond donors (Lipinski definition) is 0. The lowest BCUT2D eigenvalue weighted by atomic mass is 9.80. The van der Waals surface area contributed by atoms with Crippen molar-refractivity contribution in [2.45, 2.75) is 38.9 Å². The summed E-state index contributed by atoms with van der Waals surface area (Å²) in [7, 11) is -0.343. The van der Waals surface area contributed by atoms with Crippen LogP contribution < -0.4 is 5.46 Å². The molecule has 0 bridgehead atoms. The molecule has 1 fully saturated rings. The zero-order valence-corrected chi connectivity index (χ0v) is 13.0. The molecule has 1 saturated heterocycles. The summed E-state index contributed by atoms with van der Waals surface area (Å²) in [5.74, 6) is 0. The fraction of sp³-hybridized carbons (Fsp3) is 0.400. The third-order valence-electron chi connectivity index (χ3n) is 4.13. The first kappa shape index (κ1) is 13.8. The lowest BCUT2D eigenvalue weighted by molar-refractivity contribution is 0.00578. The highest BCUT2D eigenvalue weighted by Gasteiger charge is 2.51. The first-order chi connectivity index (χ1) is 9.39. The number of rotatable bonds is 2. The fourth-order valence-electron chi connectivity index (χ4n) is 2.10. The Kier molecular flexibility index (Phi) is 3.24. The SMILES string of the molecule is CC1(C)OB(c2ccc(-c3ccsc3)nc2)OC1(C)C. The van der Waals surface area contributed by atoms with E-state index in [1.54, 1.807) is 11.3 Å². The third-order valence-corrected chi connectivity index (χ3v) is 4.81. The Balaban J connectivity index is 1.83. The van der Waals surface area contributed by atoms with E-state index >= 15 is 0 Å². The number of hydrogen-bond acceptors (Lipinski definition) is 4. The molecule has 3 heterocycles. The normalized spacial score (nSPS) is 20.3. The molecule has 0 N–H and O–H groups in total. The molecule has 1 aliphatic rings. The summed E-state index contributed by atoms with van der Waals surface area (Å²) >= 11 is 1.67. The molecule has 1 aliphatic heterocycles. The van der Waals surface area contributed by atoms with Crippen LogP contribution in [0.15, 0.2) is 35.2 Å². The van der Waals surface area contributed by atoms with Crippen LogP contribution in [0, 0.1) is 0 Å². The van der Waals surface area contributed by atoms with Crippen molar-refractivity contribution in [2.75, 3.05) is 0 Å². The van der Waals surface area contributed by atoms with Crippen LogP contribution in [0.3, 0.4) is 0 Å². The van der Waals surface area contributed by atoms with E-state index in [-0.39, 0.29) is 18.3 Å². The van der Waals surface area contributed by atoms with Crippen molar-refractivity contribution < 1.29 is 9.31 Å². The van der Waals surface area contributed by atoms with E-state index in [2.05, 4.69) is 49.5 Å². The molecule has 0 atom stereocenters. The summed E-state index contributed by atoms with van der Waals surface area (Å²) in [6.45, 7) is 8.22. The van der Waals surface area contributed by atoms with Crippen molar-refractivity contribution in [1.29, 1.82) is 0 Å².